The van der Waals surface area contributed by atoms with E-state index < -0.39 is 6.10 Å². The lowest BCUT2D eigenvalue weighted by molar-refractivity contribution is 0.170. The summed E-state index contributed by atoms with van der Waals surface area (Å²) in [6.45, 7) is 5.20. The van der Waals surface area contributed by atoms with Gasteiger partial charge in [-0.25, -0.2) is 0 Å². The van der Waals surface area contributed by atoms with Gasteiger partial charge in [0.1, 0.15) is 11.6 Å². The van der Waals surface area contributed by atoms with E-state index in [2.05, 4.69) is 37.3 Å². The van der Waals surface area contributed by atoms with Crippen molar-refractivity contribution in [3.8, 4) is 0 Å². The van der Waals surface area contributed by atoms with Crippen molar-refractivity contribution in [3.63, 3.8) is 0 Å². The molecule has 8 heteroatoms. The molecular weight excluding hydrogens is 479 g/mol. The Morgan fingerprint density at radius 2 is 2.00 bits per heavy atom. The third kappa shape index (κ3) is 7.26. The smallest absolute Gasteiger partial charge is 0.191 e. The van der Waals surface area contributed by atoms with Gasteiger partial charge < -0.3 is 20.3 Å². The van der Waals surface area contributed by atoms with Gasteiger partial charge in [-0.3, -0.25) is 4.99 Å². The van der Waals surface area contributed by atoms with Crippen LogP contribution in [0.25, 0.3) is 0 Å². The largest absolute Gasteiger partial charge is 0.388 e. The Kier molecular flexibility index (Phi) is 10.4. The predicted molar refractivity (Wildman–Crippen MR) is 127 cm³/mol. The van der Waals surface area contributed by atoms with E-state index in [9.17, 15) is 5.11 Å². The number of rotatable bonds is 8. The SMILES string of the molecule is CCNC(=NCCC(O)c1ccccc1)NCCc1nnc2n1CCCCC2.I. The fourth-order valence-electron chi connectivity index (χ4n) is 3.51. The Labute approximate surface area is 190 Å². The maximum Gasteiger partial charge on any atom is 0.191 e. The molecule has 7 nitrogen and oxygen atoms in total. The van der Waals surface area contributed by atoms with Crippen molar-refractivity contribution >= 4 is 29.9 Å². The van der Waals surface area contributed by atoms with Crippen LogP contribution in [0.1, 0.15) is 55.9 Å². The Hall–Kier alpha value is -1.68. The number of hydrogen-bond acceptors (Lipinski definition) is 4. The highest BCUT2D eigenvalue weighted by molar-refractivity contribution is 14.0. The van der Waals surface area contributed by atoms with Gasteiger partial charge in [-0.2, -0.15) is 0 Å². The van der Waals surface area contributed by atoms with Gasteiger partial charge in [0.15, 0.2) is 5.96 Å². The molecule has 0 fully saturated rings. The summed E-state index contributed by atoms with van der Waals surface area (Å²) in [5, 5.41) is 25.6. The molecule has 1 aliphatic heterocycles. The van der Waals surface area contributed by atoms with Gasteiger partial charge in [-0.05, 0) is 31.7 Å². The molecule has 0 bridgehead atoms. The van der Waals surface area contributed by atoms with Crippen LogP contribution in [-0.2, 0) is 19.4 Å². The van der Waals surface area contributed by atoms with Gasteiger partial charge in [0, 0.05) is 39.0 Å². The van der Waals surface area contributed by atoms with Crippen molar-refractivity contribution in [2.45, 2.75) is 58.1 Å². The number of nitrogens with one attached hydrogen (secondary N) is 2. The summed E-state index contributed by atoms with van der Waals surface area (Å²) in [5.74, 6) is 2.96. The number of fused-ring (bicyclic) bond motifs is 1. The molecule has 0 radical (unpaired) electrons. The number of hydrogen-bond donors (Lipinski definition) is 3. The molecular formula is C21H33IN6O. The number of guanidine groups is 1. The van der Waals surface area contributed by atoms with Gasteiger partial charge in [0.2, 0.25) is 0 Å². The van der Waals surface area contributed by atoms with Crippen molar-refractivity contribution in [3.05, 3.63) is 47.5 Å². The number of nitrogens with zero attached hydrogens (tertiary/aromatic N) is 4. The van der Waals surface area contributed by atoms with E-state index in [0.29, 0.717) is 13.0 Å². The van der Waals surface area contributed by atoms with Gasteiger partial charge >= 0.3 is 0 Å². The van der Waals surface area contributed by atoms with Crippen LogP contribution in [0.5, 0.6) is 0 Å². The molecule has 0 saturated heterocycles. The lowest BCUT2D eigenvalue weighted by Crippen LogP contribution is -2.38. The van der Waals surface area contributed by atoms with Crippen molar-refractivity contribution in [2.24, 2.45) is 4.99 Å². The Morgan fingerprint density at radius 3 is 2.79 bits per heavy atom. The van der Waals surface area contributed by atoms with Crippen LogP contribution in [0.15, 0.2) is 35.3 Å². The van der Waals surface area contributed by atoms with E-state index in [4.69, 9.17) is 0 Å². The molecule has 0 saturated carbocycles. The van der Waals surface area contributed by atoms with Crippen LogP contribution in [0.3, 0.4) is 0 Å². The molecule has 2 heterocycles. The highest BCUT2D eigenvalue weighted by atomic mass is 127. The Balaban J connectivity index is 0.00000300. The second-order valence-electron chi connectivity index (χ2n) is 7.15. The third-order valence-corrected chi connectivity index (χ3v) is 5.03. The lowest BCUT2D eigenvalue weighted by atomic mass is 10.1. The van der Waals surface area contributed by atoms with E-state index in [1.54, 1.807) is 0 Å². The minimum atomic E-state index is -0.487. The van der Waals surface area contributed by atoms with Crippen LogP contribution in [0.2, 0.25) is 0 Å². The molecule has 3 rings (SSSR count). The second-order valence-corrected chi connectivity index (χ2v) is 7.15. The second kappa shape index (κ2) is 12.8. The van der Waals surface area contributed by atoms with E-state index in [1.165, 1.54) is 19.3 Å². The van der Waals surface area contributed by atoms with Crippen molar-refractivity contribution in [1.82, 2.24) is 25.4 Å². The van der Waals surface area contributed by atoms with Crippen molar-refractivity contribution in [2.75, 3.05) is 19.6 Å². The number of aliphatic imine (C=N–C) groups is 1. The predicted octanol–water partition coefficient (Wildman–Crippen LogP) is 2.84. The number of aromatic nitrogens is 3. The van der Waals surface area contributed by atoms with Gasteiger partial charge in [0.25, 0.3) is 0 Å². The molecule has 0 amide bonds. The normalized spacial score (nSPS) is 15.0. The van der Waals surface area contributed by atoms with Gasteiger partial charge in [0.05, 0.1) is 6.10 Å². The summed E-state index contributed by atoms with van der Waals surface area (Å²) >= 11 is 0. The molecule has 160 valence electrons. The summed E-state index contributed by atoms with van der Waals surface area (Å²) in [5.41, 5.74) is 0.933. The fraction of sp³-hybridized carbons (Fsp3) is 0.571. The summed E-state index contributed by atoms with van der Waals surface area (Å²) < 4.78 is 2.29. The summed E-state index contributed by atoms with van der Waals surface area (Å²) in [4.78, 5) is 4.59. The Bertz CT molecular complexity index is 749. The van der Waals surface area contributed by atoms with E-state index in [-0.39, 0.29) is 24.0 Å². The van der Waals surface area contributed by atoms with E-state index >= 15 is 0 Å². The zero-order valence-electron chi connectivity index (χ0n) is 17.2. The zero-order chi connectivity index (χ0) is 19.6. The quantitative estimate of drug-likeness (QED) is 0.288. The highest BCUT2D eigenvalue weighted by Crippen LogP contribution is 2.16. The van der Waals surface area contributed by atoms with Crippen LogP contribution in [0, 0.1) is 0 Å². The summed E-state index contributed by atoms with van der Waals surface area (Å²) in [7, 11) is 0. The molecule has 1 aliphatic rings. The maximum absolute atomic E-state index is 10.3. The number of aliphatic hydroxyl groups is 1. The van der Waals surface area contributed by atoms with Crippen LogP contribution in [0.4, 0.5) is 0 Å². The van der Waals surface area contributed by atoms with Crippen molar-refractivity contribution < 1.29 is 5.11 Å². The molecule has 1 atom stereocenters. The molecule has 0 spiro atoms. The molecule has 0 aliphatic carbocycles. The fourth-order valence-corrected chi connectivity index (χ4v) is 3.51. The van der Waals surface area contributed by atoms with Crippen molar-refractivity contribution in [1.29, 1.82) is 0 Å². The average molecular weight is 512 g/mol. The number of aliphatic hydroxyl groups excluding tert-OH is 1. The number of benzene rings is 1. The standard InChI is InChI=1S/C21H32N6O.HI/c1-2-22-21(23-14-12-18(28)17-9-5-3-6-10-17)24-15-13-20-26-25-19-11-7-4-8-16-27(19)20;/h3,5-6,9-10,18,28H,2,4,7-8,11-16H2,1H3,(H2,22,23,24);1H. The topological polar surface area (TPSA) is 87.4 Å². The molecule has 1 aromatic carbocycles. The minimum Gasteiger partial charge on any atom is -0.388 e. The lowest BCUT2D eigenvalue weighted by Gasteiger charge is -2.13. The first-order chi connectivity index (χ1) is 13.8. The van der Waals surface area contributed by atoms with Crippen LogP contribution < -0.4 is 10.6 Å². The maximum atomic E-state index is 10.3. The average Bonchev–Trinajstić information content (AvgIpc) is 2.95. The third-order valence-electron chi connectivity index (χ3n) is 5.03. The molecule has 29 heavy (non-hydrogen) atoms. The Morgan fingerprint density at radius 1 is 1.17 bits per heavy atom. The first-order valence-electron chi connectivity index (χ1n) is 10.4. The highest BCUT2D eigenvalue weighted by Gasteiger charge is 2.14. The first-order valence-corrected chi connectivity index (χ1v) is 10.4. The van der Waals surface area contributed by atoms with Gasteiger partial charge in [-0.15, -0.1) is 34.2 Å². The first kappa shape index (κ1) is 23.6. The molecule has 1 aromatic heterocycles. The zero-order valence-corrected chi connectivity index (χ0v) is 19.5. The summed E-state index contributed by atoms with van der Waals surface area (Å²) in [6.07, 6.45) is 5.66. The number of halogens is 1. The molecule has 2 aromatic rings. The van der Waals surface area contributed by atoms with E-state index in [0.717, 1.165) is 55.6 Å². The monoisotopic (exact) mass is 512 g/mol. The van der Waals surface area contributed by atoms with Crippen LogP contribution in [-0.4, -0.2) is 45.5 Å². The van der Waals surface area contributed by atoms with E-state index in [1.807, 2.05) is 30.3 Å². The molecule has 1 unspecified atom stereocenters. The minimum absolute atomic E-state index is 0. The van der Waals surface area contributed by atoms with Gasteiger partial charge in [-0.1, -0.05) is 36.8 Å². The summed E-state index contributed by atoms with van der Waals surface area (Å²) in [6, 6.07) is 9.73. The number of aryl methyl sites for hydroxylation is 1. The molecule has 3 N–H and O–H groups in total. The van der Waals surface area contributed by atoms with Crippen LogP contribution >= 0.6 is 24.0 Å².